The van der Waals surface area contributed by atoms with E-state index in [0.29, 0.717) is 22.9 Å². The lowest BCUT2D eigenvalue weighted by Crippen LogP contribution is -2.33. The maximum atomic E-state index is 12.8. The van der Waals surface area contributed by atoms with Crippen molar-refractivity contribution in [2.45, 2.75) is 62.2 Å². The van der Waals surface area contributed by atoms with Gasteiger partial charge in [0.25, 0.3) is 0 Å². The van der Waals surface area contributed by atoms with Gasteiger partial charge in [0.05, 0.1) is 37.9 Å². The number of nitrogens with one attached hydrogen (secondary N) is 2. The monoisotopic (exact) mass is 605 g/mol. The van der Waals surface area contributed by atoms with Crippen LogP contribution in [0.3, 0.4) is 0 Å². The Kier molecular flexibility index (Phi) is 8.22. The number of aliphatic imine (C=N–C) groups is 1. The van der Waals surface area contributed by atoms with Crippen molar-refractivity contribution in [2.24, 2.45) is 16.8 Å². The molecule has 2 N–H and O–H groups in total. The first kappa shape index (κ1) is 28.7. The molecule has 1 aromatic heterocycles. The number of methoxy groups -OCH3 is 2. The summed E-state index contributed by atoms with van der Waals surface area (Å²) in [6.07, 6.45) is 4.87. The molecule has 0 spiro atoms. The van der Waals surface area contributed by atoms with Gasteiger partial charge in [0.1, 0.15) is 16.5 Å². The first-order valence-electron chi connectivity index (χ1n) is 14.3. The molecule has 42 heavy (non-hydrogen) atoms. The van der Waals surface area contributed by atoms with E-state index in [-0.39, 0.29) is 35.4 Å². The van der Waals surface area contributed by atoms with Crippen LogP contribution in [0.5, 0.6) is 11.5 Å². The van der Waals surface area contributed by atoms with Crippen LogP contribution in [0.1, 0.15) is 54.7 Å². The minimum atomic E-state index is -0.124. The zero-order valence-electron chi connectivity index (χ0n) is 24.0. The molecule has 0 radical (unpaired) electrons. The largest absolute Gasteiger partial charge is 0.497 e. The highest BCUT2D eigenvalue weighted by atomic mass is 32.2. The number of amides is 2. The van der Waals surface area contributed by atoms with Gasteiger partial charge in [-0.25, -0.2) is 0 Å². The second-order valence-corrected chi connectivity index (χ2v) is 13.6. The molecule has 1 aliphatic heterocycles. The minimum Gasteiger partial charge on any atom is -0.497 e. The Balaban J connectivity index is 1.04. The number of hydrogen-bond donors (Lipinski definition) is 2. The van der Waals surface area contributed by atoms with Crippen molar-refractivity contribution in [3.05, 3.63) is 64.7 Å². The lowest BCUT2D eigenvalue weighted by molar-refractivity contribution is -0.119. The number of benzene rings is 2. The fourth-order valence-corrected chi connectivity index (χ4v) is 9.09. The Morgan fingerprint density at radius 2 is 1.62 bits per heavy atom. The van der Waals surface area contributed by atoms with Crippen LogP contribution in [0, 0.1) is 11.8 Å². The van der Waals surface area contributed by atoms with E-state index in [2.05, 4.69) is 27.8 Å². The highest BCUT2D eigenvalue weighted by Crippen LogP contribution is 2.67. The SMILES string of the molecule is COc1cccc(CC(=O)NC2=NC3C(C)C3(C3CCCC(c4nnc(NC(=O)Cc5cccc(OC)c5)s4)C3)S2)c1. The molecular formula is C31H35N5O4S2. The van der Waals surface area contributed by atoms with Crippen molar-refractivity contribution in [2.75, 3.05) is 19.5 Å². The average molecular weight is 606 g/mol. The summed E-state index contributed by atoms with van der Waals surface area (Å²) in [7, 11) is 3.24. The van der Waals surface area contributed by atoms with Crippen LogP contribution in [0.25, 0.3) is 0 Å². The molecule has 2 fully saturated rings. The van der Waals surface area contributed by atoms with Crippen LogP contribution >= 0.6 is 23.1 Å². The molecule has 5 unspecified atom stereocenters. The molecule has 220 valence electrons. The summed E-state index contributed by atoms with van der Waals surface area (Å²) >= 11 is 3.23. The zero-order valence-corrected chi connectivity index (χ0v) is 25.6. The summed E-state index contributed by atoms with van der Waals surface area (Å²) in [5.74, 6) is 2.55. The van der Waals surface area contributed by atoms with E-state index in [4.69, 9.17) is 14.5 Å². The molecule has 2 aromatic carbocycles. The van der Waals surface area contributed by atoms with Gasteiger partial charge in [-0.1, -0.05) is 60.7 Å². The molecule has 6 rings (SSSR count). The van der Waals surface area contributed by atoms with Crippen LogP contribution in [-0.2, 0) is 22.4 Å². The Labute approximate surface area is 253 Å². The molecule has 9 nitrogen and oxygen atoms in total. The number of hydrogen-bond acceptors (Lipinski definition) is 9. The number of rotatable bonds is 9. The minimum absolute atomic E-state index is 0.0374. The van der Waals surface area contributed by atoms with E-state index >= 15 is 0 Å². The standard InChI is InChI=1S/C31H35N5O4S2/c1-18-27-31(18,42-29(34-27)32-25(37)15-19-7-4-11-23(13-19)39-2)22-10-6-9-21(17-22)28-35-36-30(41-28)33-26(38)16-20-8-5-12-24(14-20)40-3/h4-5,7-8,11-14,18,21-22,27H,6,9-10,15-17H2,1-3H3,(H,32,34,37)(H,33,36,38). The molecule has 5 atom stereocenters. The fourth-order valence-electron chi connectivity index (χ4n) is 6.51. The predicted molar refractivity (Wildman–Crippen MR) is 165 cm³/mol. The van der Waals surface area contributed by atoms with Crippen LogP contribution in [0.4, 0.5) is 5.13 Å². The van der Waals surface area contributed by atoms with Crippen molar-refractivity contribution in [1.29, 1.82) is 0 Å². The summed E-state index contributed by atoms with van der Waals surface area (Å²) in [5, 5.41) is 17.0. The molecule has 2 saturated carbocycles. The summed E-state index contributed by atoms with van der Waals surface area (Å²) in [4.78, 5) is 30.4. The first-order chi connectivity index (χ1) is 20.4. The number of aromatic nitrogens is 2. The zero-order chi connectivity index (χ0) is 29.3. The topological polar surface area (TPSA) is 115 Å². The van der Waals surface area contributed by atoms with Crippen LogP contribution in [0.15, 0.2) is 53.5 Å². The van der Waals surface area contributed by atoms with E-state index in [1.165, 1.54) is 11.3 Å². The van der Waals surface area contributed by atoms with Gasteiger partial charge in [0.15, 0.2) is 5.17 Å². The quantitative estimate of drug-likeness (QED) is 0.343. The molecule has 2 amide bonds. The summed E-state index contributed by atoms with van der Waals surface area (Å²) in [6, 6.07) is 15.3. The van der Waals surface area contributed by atoms with Crippen molar-refractivity contribution in [1.82, 2.24) is 15.5 Å². The molecule has 2 heterocycles. The van der Waals surface area contributed by atoms with E-state index < -0.39 is 0 Å². The van der Waals surface area contributed by atoms with E-state index in [1.54, 1.807) is 26.0 Å². The highest BCUT2D eigenvalue weighted by Gasteiger charge is 2.70. The Bertz CT molecular complexity index is 1510. The second kappa shape index (κ2) is 12.0. The number of carbonyl (C=O) groups excluding carboxylic acids is 2. The third-order valence-corrected chi connectivity index (χ3v) is 11.4. The number of thioether (sulfide) groups is 1. The highest BCUT2D eigenvalue weighted by molar-refractivity contribution is 8.15. The maximum Gasteiger partial charge on any atom is 0.230 e. The fraction of sp³-hybridized carbons (Fsp3) is 0.452. The summed E-state index contributed by atoms with van der Waals surface area (Å²) < 4.78 is 10.6. The van der Waals surface area contributed by atoms with Gasteiger partial charge in [-0.3, -0.25) is 14.6 Å². The first-order valence-corrected chi connectivity index (χ1v) is 16.0. The number of nitrogens with zero attached hydrogens (tertiary/aromatic N) is 3. The molecule has 0 saturated heterocycles. The van der Waals surface area contributed by atoms with E-state index in [0.717, 1.165) is 58.5 Å². The number of fused-ring (bicyclic) bond motifs is 1. The average Bonchev–Trinajstić information content (AvgIpc) is 3.34. The van der Waals surface area contributed by atoms with Gasteiger partial charge < -0.3 is 20.1 Å². The van der Waals surface area contributed by atoms with Crippen LogP contribution in [-0.4, -0.2) is 52.2 Å². The van der Waals surface area contributed by atoms with Crippen molar-refractivity contribution in [3.8, 4) is 11.5 Å². The molecule has 0 bridgehead atoms. The van der Waals surface area contributed by atoms with Crippen molar-refractivity contribution < 1.29 is 19.1 Å². The van der Waals surface area contributed by atoms with Gasteiger partial charge >= 0.3 is 0 Å². The summed E-state index contributed by atoms with van der Waals surface area (Å²) in [6.45, 7) is 2.28. The molecule has 3 aliphatic rings. The van der Waals surface area contributed by atoms with Gasteiger partial charge in [0.2, 0.25) is 16.9 Å². The number of ether oxygens (including phenoxy) is 2. The number of carbonyl (C=O) groups is 2. The number of amidine groups is 1. The molecule has 2 aliphatic carbocycles. The lowest BCUT2D eigenvalue weighted by atomic mass is 9.78. The lowest BCUT2D eigenvalue weighted by Gasteiger charge is -2.33. The second-order valence-electron chi connectivity index (χ2n) is 11.3. The van der Waals surface area contributed by atoms with Crippen LogP contribution in [0.2, 0.25) is 0 Å². The smallest absolute Gasteiger partial charge is 0.230 e. The van der Waals surface area contributed by atoms with E-state index in [9.17, 15) is 9.59 Å². The Hall–Kier alpha value is -3.44. The Morgan fingerprint density at radius 3 is 2.29 bits per heavy atom. The van der Waals surface area contributed by atoms with Gasteiger partial charge in [0, 0.05) is 5.92 Å². The third-order valence-electron chi connectivity index (χ3n) is 8.66. The Morgan fingerprint density at radius 1 is 0.952 bits per heavy atom. The number of anilines is 1. The van der Waals surface area contributed by atoms with Gasteiger partial charge in [-0.05, 0) is 66.5 Å². The maximum absolute atomic E-state index is 12.8. The van der Waals surface area contributed by atoms with Crippen molar-refractivity contribution in [3.63, 3.8) is 0 Å². The van der Waals surface area contributed by atoms with Crippen molar-refractivity contribution >= 4 is 45.2 Å². The molecule has 3 aromatic rings. The van der Waals surface area contributed by atoms with E-state index in [1.807, 2.05) is 48.5 Å². The van der Waals surface area contributed by atoms with Gasteiger partial charge in [-0.15, -0.1) is 10.2 Å². The summed E-state index contributed by atoms with van der Waals surface area (Å²) in [5.41, 5.74) is 1.79. The molecular weight excluding hydrogens is 571 g/mol. The predicted octanol–water partition coefficient (Wildman–Crippen LogP) is 5.23. The third kappa shape index (κ3) is 5.89. The van der Waals surface area contributed by atoms with Gasteiger partial charge in [-0.2, -0.15) is 0 Å². The van der Waals surface area contributed by atoms with Crippen LogP contribution < -0.4 is 20.1 Å². The normalized spacial score (nSPS) is 26.1. The molecule has 11 heteroatoms.